The van der Waals surface area contributed by atoms with Crippen LogP contribution in [0.3, 0.4) is 0 Å². The zero-order chi connectivity index (χ0) is 6.85. The third-order valence-electron chi connectivity index (χ3n) is 0.827. The SMILES string of the molecule is O=C1CC(=O)NC(=O)N1.[H-].[Na+]. The number of amides is 4. The minimum Gasteiger partial charge on any atom is -1.00 e. The van der Waals surface area contributed by atoms with Crippen LogP contribution in [0.5, 0.6) is 0 Å². The maximum Gasteiger partial charge on any atom is 1.00 e. The molecule has 1 aliphatic heterocycles. The predicted octanol–water partition coefficient (Wildman–Crippen LogP) is -4.14. The molecule has 1 fully saturated rings. The van der Waals surface area contributed by atoms with Crippen LogP contribution in [0.2, 0.25) is 0 Å². The molecule has 0 unspecified atom stereocenters. The molecule has 1 heterocycles. The number of imide groups is 2. The molecule has 10 heavy (non-hydrogen) atoms. The largest absolute Gasteiger partial charge is 1.00 e. The molecule has 1 aliphatic rings. The standard InChI is InChI=1S/C4H4N2O3.Na.H/c7-2-1-3(8)6-4(9)5-2;;/h1H2,(H2,5,6,7,8,9);;/q;+1;-1. The van der Waals surface area contributed by atoms with E-state index in [1.165, 1.54) is 0 Å². The summed E-state index contributed by atoms with van der Waals surface area (Å²) in [6, 6.07) is -0.740. The summed E-state index contributed by atoms with van der Waals surface area (Å²) in [6.07, 6.45) is -0.258. The van der Waals surface area contributed by atoms with E-state index in [0.717, 1.165) is 0 Å². The monoisotopic (exact) mass is 152 g/mol. The van der Waals surface area contributed by atoms with Gasteiger partial charge in [0.05, 0.1) is 0 Å². The molecule has 4 amide bonds. The van der Waals surface area contributed by atoms with E-state index in [1.807, 2.05) is 10.6 Å². The Morgan fingerprint density at radius 3 is 1.80 bits per heavy atom. The van der Waals surface area contributed by atoms with Crippen LogP contribution in [-0.2, 0) is 9.59 Å². The Balaban J connectivity index is 0. The molecule has 0 spiro atoms. The van der Waals surface area contributed by atoms with Crippen molar-refractivity contribution in [3.05, 3.63) is 0 Å². The fourth-order valence-electron chi connectivity index (χ4n) is 0.519. The Morgan fingerprint density at radius 1 is 1.10 bits per heavy atom. The Hall–Kier alpha value is -0.390. The second-order valence-corrected chi connectivity index (χ2v) is 1.60. The van der Waals surface area contributed by atoms with Crippen molar-refractivity contribution in [1.82, 2.24) is 10.6 Å². The first-order valence-corrected chi connectivity index (χ1v) is 2.32. The minimum absolute atomic E-state index is 0. The fourth-order valence-corrected chi connectivity index (χ4v) is 0.519. The van der Waals surface area contributed by atoms with Gasteiger partial charge < -0.3 is 1.43 Å². The van der Waals surface area contributed by atoms with Crippen LogP contribution in [0.25, 0.3) is 0 Å². The fraction of sp³-hybridized carbons (Fsp3) is 0.250. The molecule has 0 atom stereocenters. The summed E-state index contributed by atoms with van der Waals surface area (Å²) in [4.78, 5) is 30.8. The van der Waals surface area contributed by atoms with E-state index < -0.39 is 17.8 Å². The molecule has 0 aromatic rings. The van der Waals surface area contributed by atoms with Gasteiger partial charge in [0.1, 0.15) is 6.42 Å². The predicted molar refractivity (Wildman–Crippen MR) is 27.4 cm³/mol. The van der Waals surface area contributed by atoms with E-state index in [1.54, 1.807) is 0 Å². The van der Waals surface area contributed by atoms with Gasteiger partial charge in [0, 0.05) is 0 Å². The molecule has 0 aromatic heterocycles. The molecule has 0 radical (unpaired) electrons. The number of carbonyl (C=O) groups is 3. The maximum absolute atomic E-state index is 10.3. The summed E-state index contributed by atoms with van der Waals surface area (Å²) in [5.41, 5.74) is 0. The molecule has 0 saturated carbocycles. The average molecular weight is 152 g/mol. The molecular formula is C4H5N2NaO3. The van der Waals surface area contributed by atoms with Crippen LogP contribution in [0.4, 0.5) is 4.79 Å². The molecule has 2 N–H and O–H groups in total. The normalized spacial score (nSPS) is 17.0. The summed E-state index contributed by atoms with van der Waals surface area (Å²) in [5.74, 6) is -1.10. The Labute approximate surface area is 80.3 Å². The van der Waals surface area contributed by atoms with Crippen molar-refractivity contribution in [2.45, 2.75) is 6.42 Å². The van der Waals surface area contributed by atoms with Crippen molar-refractivity contribution in [3.8, 4) is 0 Å². The molecule has 0 aromatic carbocycles. The van der Waals surface area contributed by atoms with E-state index in [-0.39, 0.29) is 37.4 Å². The van der Waals surface area contributed by atoms with Gasteiger partial charge in [0.25, 0.3) is 0 Å². The smallest absolute Gasteiger partial charge is 1.00 e. The van der Waals surface area contributed by atoms with E-state index in [0.29, 0.717) is 0 Å². The first-order valence-electron chi connectivity index (χ1n) is 2.32. The van der Waals surface area contributed by atoms with Gasteiger partial charge in [-0.2, -0.15) is 0 Å². The number of rotatable bonds is 0. The molecule has 0 aliphatic carbocycles. The van der Waals surface area contributed by atoms with Gasteiger partial charge in [-0.1, -0.05) is 0 Å². The van der Waals surface area contributed by atoms with Crippen molar-refractivity contribution in [1.29, 1.82) is 0 Å². The summed E-state index contributed by atoms with van der Waals surface area (Å²) in [6.45, 7) is 0. The van der Waals surface area contributed by atoms with Crippen LogP contribution in [0.15, 0.2) is 0 Å². The van der Waals surface area contributed by atoms with Crippen molar-refractivity contribution >= 4 is 17.8 Å². The molecule has 5 nitrogen and oxygen atoms in total. The minimum atomic E-state index is -0.740. The van der Waals surface area contributed by atoms with E-state index in [9.17, 15) is 14.4 Å². The quantitative estimate of drug-likeness (QED) is 0.273. The number of hydrogen-bond acceptors (Lipinski definition) is 3. The van der Waals surface area contributed by atoms with Crippen molar-refractivity contribution in [2.24, 2.45) is 0 Å². The summed E-state index contributed by atoms with van der Waals surface area (Å²) in [7, 11) is 0. The molecule has 1 saturated heterocycles. The molecular weight excluding hydrogens is 147 g/mol. The molecule has 50 valence electrons. The maximum atomic E-state index is 10.3. The van der Waals surface area contributed by atoms with Gasteiger partial charge in [0.2, 0.25) is 11.8 Å². The second-order valence-electron chi connectivity index (χ2n) is 1.60. The van der Waals surface area contributed by atoms with Gasteiger partial charge >= 0.3 is 35.6 Å². The van der Waals surface area contributed by atoms with Crippen LogP contribution in [0, 0.1) is 0 Å². The summed E-state index contributed by atoms with van der Waals surface area (Å²) >= 11 is 0. The Bertz CT molecular complexity index is 150. The van der Waals surface area contributed by atoms with Crippen LogP contribution in [0.1, 0.15) is 7.85 Å². The topological polar surface area (TPSA) is 75.3 Å². The second kappa shape index (κ2) is 3.70. The zero-order valence-electron chi connectivity index (χ0n) is 6.43. The first kappa shape index (κ1) is 9.61. The van der Waals surface area contributed by atoms with Crippen LogP contribution in [-0.4, -0.2) is 17.8 Å². The zero-order valence-corrected chi connectivity index (χ0v) is 7.43. The average Bonchev–Trinajstić information content (AvgIpc) is 1.59. The molecule has 1 rings (SSSR count). The van der Waals surface area contributed by atoms with Gasteiger partial charge in [0.15, 0.2) is 0 Å². The number of barbiturate groups is 1. The first-order chi connectivity index (χ1) is 4.18. The number of urea groups is 1. The van der Waals surface area contributed by atoms with E-state index in [2.05, 4.69) is 0 Å². The van der Waals surface area contributed by atoms with Crippen molar-refractivity contribution in [3.63, 3.8) is 0 Å². The van der Waals surface area contributed by atoms with Gasteiger partial charge in [-0.25, -0.2) is 4.79 Å². The number of nitrogens with one attached hydrogen (secondary N) is 2. The van der Waals surface area contributed by atoms with Crippen molar-refractivity contribution in [2.75, 3.05) is 0 Å². The summed E-state index contributed by atoms with van der Waals surface area (Å²) in [5, 5.41) is 3.80. The van der Waals surface area contributed by atoms with E-state index in [4.69, 9.17) is 0 Å². The van der Waals surface area contributed by atoms with Crippen LogP contribution < -0.4 is 40.2 Å². The molecule has 0 bridgehead atoms. The van der Waals surface area contributed by atoms with Gasteiger partial charge in [-0.3, -0.25) is 20.2 Å². The molecule has 6 heteroatoms. The van der Waals surface area contributed by atoms with Crippen LogP contribution >= 0.6 is 0 Å². The van der Waals surface area contributed by atoms with E-state index >= 15 is 0 Å². The summed E-state index contributed by atoms with van der Waals surface area (Å²) < 4.78 is 0. The number of hydrogen-bond donors (Lipinski definition) is 2. The Morgan fingerprint density at radius 2 is 1.50 bits per heavy atom. The Kier molecular flexibility index (Phi) is 3.55. The van der Waals surface area contributed by atoms with Gasteiger partial charge in [-0.15, -0.1) is 0 Å². The number of carbonyl (C=O) groups excluding carboxylic acids is 3. The van der Waals surface area contributed by atoms with Gasteiger partial charge in [-0.05, 0) is 0 Å². The van der Waals surface area contributed by atoms with Crippen molar-refractivity contribution < 1.29 is 45.4 Å². The third-order valence-corrected chi connectivity index (χ3v) is 0.827. The third kappa shape index (κ3) is 2.47.